The molecular formula is C22H25IN4O7. The van der Waals surface area contributed by atoms with Crippen LogP contribution in [0.15, 0.2) is 51.1 Å². The molecule has 0 unspecified atom stereocenters. The van der Waals surface area contributed by atoms with Crippen LogP contribution in [-0.2, 0) is 9.53 Å². The second-order valence-corrected chi connectivity index (χ2v) is 8.12. The zero-order valence-electron chi connectivity index (χ0n) is 18.8. The summed E-state index contributed by atoms with van der Waals surface area (Å²) < 4.78 is 22.3. The van der Waals surface area contributed by atoms with Crippen LogP contribution in [0.1, 0.15) is 31.2 Å². The van der Waals surface area contributed by atoms with Gasteiger partial charge in [0, 0.05) is 5.70 Å². The lowest BCUT2D eigenvalue weighted by Crippen LogP contribution is -2.45. The van der Waals surface area contributed by atoms with Crippen molar-refractivity contribution in [3.63, 3.8) is 0 Å². The summed E-state index contributed by atoms with van der Waals surface area (Å²) in [7, 11) is 1.28. The molecule has 0 fully saturated rings. The second kappa shape index (κ2) is 11.7. The van der Waals surface area contributed by atoms with E-state index >= 15 is 0 Å². The van der Waals surface area contributed by atoms with Crippen molar-refractivity contribution in [3.05, 3.63) is 56.7 Å². The van der Waals surface area contributed by atoms with Gasteiger partial charge in [-0.3, -0.25) is 5.43 Å². The summed E-state index contributed by atoms with van der Waals surface area (Å²) in [6.45, 7) is 3.67. The van der Waals surface area contributed by atoms with Crippen LogP contribution in [0.4, 0.5) is 4.79 Å². The van der Waals surface area contributed by atoms with E-state index in [1.807, 2.05) is 29.5 Å². The molecule has 0 bridgehead atoms. The van der Waals surface area contributed by atoms with Crippen LogP contribution < -0.4 is 25.5 Å². The highest BCUT2D eigenvalue weighted by Crippen LogP contribution is 2.34. The van der Waals surface area contributed by atoms with Crippen LogP contribution in [-0.4, -0.2) is 49.9 Å². The molecular weight excluding hydrogens is 559 g/mol. The molecule has 0 radical (unpaired) electrons. The molecule has 0 saturated carbocycles. The zero-order chi connectivity index (χ0) is 24.7. The molecule has 2 heterocycles. The van der Waals surface area contributed by atoms with E-state index in [4.69, 9.17) is 18.6 Å². The Morgan fingerprint density at radius 1 is 1.32 bits per heavy atom. The Kier molecular flexibility index (Phi) is 8.76. The number of carbonyl (C=O) groups excluding carboxylic acids is 2. The lowest BCUT2D eigenvalue weighted by molar-refractivity contribution is -0.136. The van der Waals surface area contributed by atoms with E-state index in [9.17, 15) is 14.7 Å². The SMILES string of the molecule is CCOc1cc([C@H]2NC(=O)NC(C)=C2C(=O)OC)ccc1OC[C@@H](O)N/N=C\c1ccc(I)o1. The van der Waals surface area contributed by atoms with Crippen LogP contribution in [0.2, 0.25) is 0 Å². The van der Waals surface area contributed by atoms with Crippen LogP contribution in [0.25, 0.3) is 0 Å². The Bertz CT molecular complexity index is 1100. The summed E-state index contributed by atoms with van der Waals surface area (Å²) in [4.78, 5) is 24.4. The van der Waals surface area contributed by atoms with Crippen molar-refractivity contribution in [2.24, 2.45) is 5.10 Å². The molecule has 34 heavy (non-hydrogen) atoms. The number of nitrogens with one attached hydrogen (secondary N) is 3. The normalized spacial score (nSPS) is 16.6. The highest BCUT2D eigenvalue weighted by atomic mass is 127. The van der Waals surface area contributed by atoms with Gasteiger partial charge in [-0.25, -0.2) is 9.59 Å². The number of allylic oxidation sites excluding steroid dienone is 1. The van der Waals surface area contributed by atoms with Crippen molar-refractivity contribution in [1.82, 2.24) is 16.1 Å². The number of halogens is 1. The first kappa shape index (κ1) is 25.4. The monoisotopic (exact) mass is 584 g/mol. The van der Waals surface area contributed by atoms with Crippen molar-refractivity contribution >= 4 is 40.8 Å². The summed E-state index contributed by atoms with van der Waals surface area (Å²) >= 11 is 2.04. The number of amides is 2. The Labute approximate surface area is 209 Å². The summed E-state index contributed by atoms with van der Waals surface area (Å²) in [6, 6.07) is 7.37. The Morgan fingerprint density at radius 3 is 2.79 bits per heavy atom. The highest BCUT2D eigenvalue weighted by Gasteiger charge is 2.32. The number of aliphatic hydroxyl groups excluding tert-OH is 1. The number of hydrogen-bond donors (Lipinski definition) is 4. The molecule has 0 aliphatic carbocycles. The van der Waals surface area contributed by atoms with E-state index in [1.165, 1.54) is 13.3 Å². The maximum Gasteiger partial charge on any atom is 0.337 e. The number of furan rings is 1. The largest absolute Gasteiger partial charge is 0.490 e. The Hall–Kier alpha value is -3.26. The lowest BCUT2D eigenvalue weighted by Gasteiger charge is -2.28. The van der Waals surface area contributed by atoms with E-state index in [2.05, 4.69) is 21.2 Å². The molecule has 3 rings (SSSR count). The minimum Gasteiger partial charge on any atom is -0.490 e. The maximum absolute atomic E-state index is 12.3. The molecule has 1 aromatic carbocycles. The molecule has 182 valence electrons. The lowest BCUT2D eigenvalue weighted by atomic mass is 9.95. The van der Waals surface area contributed by atoms with Crippen LogP contribution in [0, 0.1) is 3.77 Å². The van der Waals surface area contributed by atoms with E-state index < -0.39 is 24.3 Å². The summed E-state index contributed by atoms with van der Waals surface area (Å²) in [6.07, 6.45) is 0.340. The van der Waals surface area contributed by atoms with Gasteiger partial charge in [0.15, 0.2) is 21.5 Å². The molecule has 2 atom stereocenters. The number of aliphatic hydroxyl groups is 1. The predicted octanol–water partition coefficient (Wildman–Crippen LogP) is 2.40. The second-order valence-electron chi connectivity index (χ2n) is 7.06. The van der Waals surface area contributed by atoms with E-state index in [0.717, 1.165) is 3.77 Å². The number of ether oxygens (including phenoxy) is 3. The topological polar surface area (TPSA) is 144 Å². The number of nitrogens with zero attached hydrogens (tertiary/aromatic N) is 1. The standard InChI is InChI=1S/C22H25IN4O7/c1-4-32-16-9-13(20-19(21(29)31-3)12(2)25-22(30)26-20)5-7-15(16)33-11-18(28)27-24-10-14-6-8-17(23)34-14/h5-10,18,20,27-28H,4,11H2,1-3H3,(H2,25,26,30)/b24-10-/t18-,20-/m1/s1. The average molecular weight is 584 g/mol. The van der Waals surface area contributed by atoms with Crippen LogP contribution in [0.3, 0.4) is 0 Å². The van der Waals surface area contributed by atoms with Crippen molar-refractivity contribution < 1.29 is 33.3 Å². The molecule has 4 N–H and O–H groups in total. The molecule has 1 aromatic heterocycles. The number of urea groups is 1. The van der Waals surface area contributed by atoms with Gasteiger partial charge in [0.25, 0.3) is 0 Å². The first-order valence-electron chi connectivity index (χ1n) is 10.3. The molecule has 0 saturated heterocycles. The number of esters is 1. The predicted molar refractivity (Wildman–Crippen MR) is 130 cm³/mol. The summed E-state index contributed by atoms with van der Waals surface area (Å²) in [5.74, 6) is 0.735. The van der Waals surface area contributed by atoms with Crippen molar-refractivity contribution in [2.45, 2.75) is 26.1 Å². The van der Waals surface area contributed by atoms with Gasteiger partial charge >= 0.3 is 12.0 Å². The minimum absolute atomic E-state index is 0.122. The number of hydrogen-bond acceptors (Lipinski definition) is 9. The fraction of sp³-hybridized carbons (Fsp3) is 0.318. The molecule has 1 aliphatic heterocycles. The van der Waals surface area contributed by atoms with E-state index in [1.54, 1.807) is 37.3 Å². The van der Waals surface area contributed by atoms with E-state index in [0.29, 0.717) is 35.1 Å². The molecule has 11 nitrogen and oxygen atoms in total. The Morgan fingerprint density at radius 2 is 2.12 bits per heavy atom. The van der Waals surface area contributed by atoms with Gasteiger partial charge < -0.3 is 34.4 Å². The van der Waals surface area contributed by atoms with Crippen molar-refractivity contribution in [1.29, 1.82) is 0 Å². The molecule has 0 spiro atoms. The third-order valence-corrected chi connectivity index (χ3v) is 5.26. The summed E-state index contributed by atoms with van der Waals surface area (Å²) in [5, 5.41) is 19.3. The van der Waals surface area contributed by atoms with Gasteiger partial charge in [0.05, 0.1) is 31.5 Å². The molecule has 12 heteroatoms. The third-order valence-electron chi connectivity index (χ3n) is 4.68. The maximum atomic E-state index is 12.3. The van der Waals surface area contributed by atoms with Gasteiger partial charge in [-0.1, -0.05) is 6.07 Å². The Balaban J connectivity index is 1.72. The molecule has 2 amide bonds. The number of hydrazone groups is 1. The first-order chi connectivity index (χ1) is 16.3. The molecule has 1 aliphatic rings. The van der Waals surface area contributed by atoms with Crippen molar-refractivity contribution in [3.8, 4) is 11.5 Å². The van der Waals surface area contributed by atoms with Crippen LogP contribution in [0.5, 0.6) is 11.5 Å². The van der Waals surface area contributed by atoms with Gasteiger partial charge in [-0.15, -0.1) is 0 Å². The first-order valence-corrected chi connectivity index (χ1v) is 11.4. The number of methoxy groups -OCH3 is 1. The van der Waals surface area contributed by atoms with Gasteiger partial charge in [0.1, 0.15) is 12.4 Å². The quantitative estimate of drug-likeness (QED) is 0.110. The van der Waals surface area contributed by atoms with E-state index in [-0.39, 0.29) is 12.2 Å². The average Bonchev–Trinajstić information content (AvgIpc) is 3.22. The number of carbonyl (C=O) groups is 2. The fourth-order valence-corrected chi connectivity index (χ4v) is 3.64. The molecule has 2 aromatic rings. The number of rotatable bonds is 10. The number of benzene rings is 1. The van der Waals surface area contributed by atoms with Gasteiger partial charge in [-0.2, -0.15) is 5.10 Å². The van der Waals surface area contributed by atoms with Gasteiger partial charge in [-0.05, 0) is 66.3 Å². The van der Waals surface area contributed by atoms with Gasteiger partial charge in [0.2, 0.25) is 0 Å². The van der Waals surface area contributed by atoms with Crippen molar-refractivity contribution in [2.75, 3.05) is 20.3 Å². The third kappa shape index (κ3) is 6.41. The fourth-order valence-electron chi connectivity index (χ4n) is 3.21. The zero-order valence-corrected chi connectivity index (χ0v) is 20.9. The highest BCUT2D eigenvalue weighted by molar-refractivity contribution is 14.1. The van der Waals surface area contributed by atoms with Crippen LogP contribution >= 0.6 is 22.6 Å². The smallest absolute Gasteiger partial charge is 0.337 e. The summed E-state index contributed by atoms with van der Waals surface area (Å²) in [5.41, 5.74) is 3.82. The minimum atomic E-state index is -1.10.